The molecule has 0 saturated carbocycles. The molecule has 1 aromatic heterocycles. The minimum Gasteiger partial charge on any atom is -0.508 e. The number of hydrogen-bond donors (Lipinski definition) is 3. The van der Waals surface area contributed by atoms with E-state index in [1.807, 2.05) is 12.1 Å². The monoisotopic (exact) mass is 245 g/mol. The summed E-state index contributed by atoms with van der Waals surface area (Å²) in [6, 6.07) is 8.58. The van der Waals surface area contributed by atoms with Crippen molar-refractivity contribution in [3.8, 4) is 11.5 Å². The fourth-order valence-corrected chi connectivity index (χ4v) is 1.54. The first-order valence-corrected chi connectivity index (χ1v) is 5.50. The number of nitrogens with two attached hydrogens (primary N) is 1. The van der Waals surface area contributed by atoms with E-state index in [0.29, 0.717) is 23.8 Å². The first kappa shape index (κ1) is 12.0. The van der Waals surface area contributed by atoms with Gasteiger partial charge in [-0.3, -0.25) is 0 Å². The van der Waals surface area contributed by atoms with Crippen molar-refractivity contribution in [1.82, 2.24) is 4.98 Å². The molecule has 4 N–H and O–H groups in total. The molecule has 0 amide bonds. The molecule has 0 spiro atoms. The second-order valence-corrected chi connectivity index (χ2v) is 3.82. The number of aromatic nitrogens is 1. The highest BCUT2D eigenvalue weighted by molar-refractivity contribution is 5.49. The van der Waals surface area contributed by atoms with Crippen LogP contribution in [0.3, 0.4) is 0 Å². The molecular formula is C13H15N3O2. The highest BCUT2D eigenvalue weighted by atomic mass is 16.5. The Kier molecular flexibility index (Phi) is 3.52. The quantitative estimate of drug-likeness (QED) is 0.567. The maximum Gasteiger partial charge on any atom is 0.137 e. The maximum atomic E-state index is 9.66. The number of nitrogens with zero attached hydrogens (tertiary/aromatic N) is 1. The number of methoxy groups -OCH3 is 1. The largest absolute Gasteiger partial charge is 0.508 e. The zero-order chi connectivity index (χ0) is 13.0. The highest BCUT2D eigenvalue weighted by Gasteiger charge is 2.02. The molecule has 0 bridgehead atoms. The molecule has 0 fully saturated rings. The third-order valence-corrected chi connectivity index (χ3v) is 2.54. The summed E-state index contributed by atoms with van der Waals surface area (Å²) < 4.78 is 5.02. The number of anilines is 2. The number of rotatable bonds is 4. The third-order valence-electron chi connectivity index (χ3n) is 2.54. The number of nitrogens with one attached hydrogen (secondary N) is 1. The van der Waals surface area contributed by atoms with Crippen LogP contribution in [0.1, 0.15) is 5.56 Å². The zero-order valence-electron chi connectivity index (χ0n) is 10.1. The standard InChI is InChI=1S/C13H15N3O2/c1-18-11-3-5-13(16-8-11)15-7-9-6-10(14)2-4-12(9)17/h2-6,8,17H,7,14H2,1H3,(H,15,16). The summed E-state index contributed by atoms with van der Waals surface area (Å²) in [5.41, 5.74) is 7.01. The molecule has 2 aromatic rings. The van der Waals surface area contributed by atoms with Crippen molar-refractivity contribution >= 4 is 11.5 Å². The van der Waals surface area contributed by atoms with E-state index in [-0.39, 0.29) is 5.75 Å². The smallest absolute Gasteiger partial charge is 0.137 e. The van der Waals surface area contributed by atoms with Crippen molar-refractivity contribution in [2.45, 2.75) is 6.54 Å². The predicted molar refractivity (Wildman–Crippen MR) is 70.6 cm³/mol. The number of pyridine rings is 1. The number of hydrogen-bond acceptors (Lipinski definition) is 5. The molecule has 0 atom stereocenters. The molecule has 5 heteroatoms. The third kappa shape index (κ3) is 2.82. The average molecular weight is 245 g/mol. The minimum absolute atomic E-state index is 0.213. The number of aromatic hydroxyl groups is 1. The van der Waals surface area contributed by atoms with E-state index in [2.05, 4.69) is 10.3 Å². The Hall–Kier alpha value is -2.43. The van der Waals surface area contributed by atoms with Crippen LogP contribution in [0.4, 0.5) is 11.5 Å². The fourth-order valence-electron chi connectivity index (χ4n) is 1.54. The lowest BCUT2D eigenvalue weighted by Crippen LogP contribution is -2.02. The molecule has 0 aliphatic carbocycles. The van der Waals surface area contributed by atoms with Gasteiger partial charge in [0.2, 0.25) is 0 Å². The van der Waals surface area contributed by atoms with Gasteiger partial charge in [-0.1, -0.05) is 0 Å². The van der Waals surface area contributed by atoms with E-state index in [4.69, 9.17) is 10.5 Å². The van der Waals surface area contributed by atoms with E-state index in [1.54, 1.807) is 31.5 Å². The molecule has 1 heterocycles. The van der Waals surface area contributed by atoms with Gasteiger partial charge in [0.15, 0.2) is 0 Å². The van der Waals surface area contributed by atoms with Gasteiger partial charge in [0.05, 0.1) is 13.3 Å². The Labute approximate surface area is 105 Å². The average Bonchev–Trinajstić information content (AvgIpc) is 2.40. The minimum atomic E-state index is 0.213. The summed E-state index contributed by atoms with van der Waals surface area (Å²) in [5.74, 6) is 1.62. The fraction of sp³-hybridized carbons (Fsp3) is 0.154. The maximum absolute atomic E-state index is 9.66. The molecule has 0 radical (unpaired) electrons. The van der Waals surface area contributed by atoms with Crippen LogP contribution in [-0.2, 0) is 6.54 Å². The van der Waals surface area contributed by atoms with E-state index >= 15 is 0 Å². The van der Waals surface area contributed by atoms with Gasteiger partial charge < -0.3 is 20.9 Å². The van der Waals surface area contributed by atoms with Crippen LogP contribution in [0.5, 0.6) is 11.5 Å². The van der Waals surface area contributed by atoms with E-state index in [9.17, 15) is 5.11 Å². The summed E-state index contributed by atoms with van der Waals surface area (Å²) in [4.78, 5) is 4.17. The van der Waals surface area contributed by atoms with Crippen molar-refractivity contribution in [3.05, 3.63) is 42.1 Å². The molecule has 5 nitrogen and oxygen atoms in total. The first-order chi connectivity index (χ1) is 8.69. The van der Waals surface area contributed by atoms with Crippen LogP contribution >= 0.6 is 0 Å². The molecule has 18 heavy (non-hydrogen) atoms. The molecular weight excluding hydrogens is 230 g/mol. The zero-order valence-corrected chi connectivity index (χ0v) is 10.1. The van der Waals surface area contributed by atoms with Gasteiger partial charge >= 0.3 is 0 Å². The normalized spacial score (nSPS) is 10.1. The van der Waals surface area contributed by atoms with E-state index in [1.165, 1.54) is 0 Å². The molecule has 94 valence electrons. The van der Waals surface area contributed by atoms with Crippen LogP contribution < -0.4 is 15.8 Å². The Bertz CT molecular complexity index is 526. The van der Waals surface area contributed by atoms with Crippen molar-refractivity contribution in [1.29, 1.82) is 0 Å². The molecule has 0 saturated heterocycles. The van der Waals surface area contributed by atoms with Crippen molar-refractivity contribution < 1.29 is 9.84 Å². The van der Waals surface area contributed by atoms with Crippen molar-refractivity contribution in [2.24, 2.45) is 0 Å². The number of benzene rings is 1. The number of phenolic OH excluding ortho intramolecular Hbond substituents is 1. The van der Waals surface area contributed by atoms with Gasteiger partial charge in [-0.15, -0.1) is 0 Å². The Morgan fingerprint density at radius 3 is 2.83 bits per heavy atom. The SMILES string of the molecule is COc1ccc(NCc2cc(N)ccc2O)nc1. The summed E-state index contributed by atoms with van der Waals surface area (Å²) in [6.07, 6.45) is 1.63. The van der Waals surface area contributed by atoms with Gasteiger partial charge in [-0.25, -0.2) is 4.98 Å². The number of phenols is 1. The summed E-state index contributed by atoms with van der Waals surface area (Å²) in [7, 11) is 1.59. The molecule has 0 unspecified atom stereocenters. The lowest BCUT2D eigenvalue weighted by Gasteiger charge is -2.08. The molecule has 0 aliphatic rings. The summed E-state index contributed by atoms with van der Waals surface area (Å²) >= 11 is 0. The van der Waals surface area contributed by atoms with Crippen LogP contribution in [0.15, 0.2) is 36.5 Å². The van der Waals surface area contributed by atoms with Gasteiger partial charge in [-0.2, -0.15) is 0 Å². The lowest BCUT2D eigenvalue weighted by atomic mass is 10.2. The highest BCUT2D eigenvalue weighted by Crippen LogP contribution is 2.21. The Morgan fingerprint density at radius 1 is 1.33 bits per heavy atom. The topological polar surface area (TPSA) is 80.4 Å². The van der Waals surface area contributed by atoms with Crippen LogP contribution in [0.2, 0.25) is 0 Å². The van der Waals surface area contributed by atoms with E-state index < -0.39 is 0 Å². The van der Waals surface area contributed by atoms with Gasteiger partial charge in [0.1, 0.15) is 17.3 Å². The van der Waals surface area contributed by atoms with Crippen LogP contribution in [0, 0.1) is 0 Å². The summed E-state index contributed by atoms with van der Waals surface area (Å²) in [6.45, 7) is 0.455. The predicted octanol–water partition coefficient (Wildman–Crippen LogP) is 1.99. The molecule has 2 rings (SSSR count). The summed E-state index contributed by atoms with van der Waals surface area (Å²) in [5, 5.41) is 12.8. The van der Waals surface area contributed by atoms with Gasteiger partial charge in [0.25, 0.3) is 0 Å². The van der Waals surface area contributed by atoms with Gasteiger partial charge in [0, 0.05) is 17.8 Å². The first-order valence-electron chi connectivity index (χ1n) is 5.50. The number of nitrogen functional groups attached to an aromatic ring is 1. The lowest BCUT2D eigenvalue weighted by molar-refractivity contribution is 0.413. The van der Waals surface area contributed by atoms with Crippen molar-refractivity contribution in [3.63, 3.8) is 0 Å². The van der Waals surface area contributed by atoms with Crippen LogP contribution in [-0.4, -0.2) is 17.2 Å². The van der Waals surface area contributed by atoms with E-state index in [0.717, 1.165) is 5.56 Å². The molecule has 1 aromatic carbocycles. The Balaban J connectivity index is 2.04. The second-order valence-electron chi connectivity index (χ2n) is 3.82. The number of ether oxygens (including phenoxy) is 1. The van der Waals surface area contributed by atoms with Gasteiger partial charge in [-0.05, 0) is 30.3 Å². The Morgan fingerprint density at radius 2 is 2.17 bits per heavy atom. The van der Waals surface area contributed by atoms with Crippen LogP contribution in [0.25, 0.3) is 0 Å². The second kappa shape index (κ2) is 5.27. The van der Waals surface area contributed by atoms with Crippen molar-refractivity contribution in [2.75, 3.05) is 18.2 Å². The molecule has 0 aliphatic heterocycles.